The molecule has 2 aliphatic rings. The molecule has 4 rings (SSSR count). The Labute approximate surface area is 187 Å². The number of hydrogen-bond donors (Lipinski definition) is 1. The van der Waals surface area contributed by atoms with Crippen LogP contribution in [0.2, 0.25) is 5.02 Å². The van der Waals surface area contributed by atoms with Gasteiger partial charge in [0.25, 0.3) is 0 Å². The molecule has 31 heavy (non-hydrogen) atoms. The maximum absolute atomic E-state index is 13.0. The number of sulfonamides is 1. The van der Waals surface area contributed by atoms with Crippen LogP contribution in [0.15, 0.2) is 59.5 Å². The minimum absolute atomic E-state index is 0.0535. The summed E-state index contributed by atoms with van der Waals surface area (Å²) in [5, 5.41) is 0.542. The predicted octanol–water partition coefficient (Wildman–Crippen LogP) is 2.66. The minimum atomic E-state index is -3.58. The van der Waals surface area contributed by atoms with Crippen molar-refractivity contribution in [1.29, 1.82) is 0 Å². The first-order valence-electron chi connectivity index (χ1n) is 10.3. The van der Waals surface area contributed by atoms with Crippen molar-refractivity contribution >= 4 is 39.1 Å². The average molecular weight is 462 g/mol. The molecular formula is C22H24ClN3O4S. The third-order valence-electron chi connectivity index (χ3n) is 5.78. The second kappa shape index (κ2) is 8.98. The molecule has 0 aromatic heterocycles. The SMILES string of the molecule is O=C([C@@H]1CC(=O)N(c2cccc(Cl)c2)C1)N1CCC(NS(=O)(=O)c2ccccc2)CC1. The van der Waals surface area contributed by atoms with Crippen molar-refractivity contribution in [3.63, 3.8) is 0 Å². The van der Waals surface area contributed by atoms with E-state index in [1.165, 1.54) is 0 Å². The van der Waals surface area contributed by atoms with Gasteiger partial charge < -0.3 is 9.80 Å². The van der Waals surface area contributed by atoms with Crippen LogP contribution in [-0.4, -0.2) is 50.8 Å². The second-order valence-electron chi connectivity index (χ2n) is 7.92. The molecule has 2 heterocycles. The maximum Gasteiger partial charge on any atom is 0.240 e. The van der Waals surface area contributed by atoms with Crippen LogP contribution >= 0.6 is 11.6 Å². The molecule has 164 valence electrons. The van der Waals surface area contributed by atoms with Gasteiger partial charge in [-0.05, 0) is 43.2 Å². The molecule has 7 nitrogen and oxygen atoms in total. The van der Waals surface area contributed by atoms with Crippen LogP contribution in [-0.2, 0) is 19.6 Å². The van der Waals surface area contributed by atoms with Gasteiger partial charge in [0.15, 0.2) is 0 Å². The number of hydrogen-bond acceptors (Lipinski definition) is 4. The van der Waals surface area contributed by atoms with E-state index >= 15 is 0 Å². The quantitative estimate of drug-likeness (QED) is 0.741. The van der Waals surface area contributed by atoms with Gasteiger partial charge in [-0.25, -0.2) is 13.1 Å². The Bertz CT molecular complexity index is 1070. The zero-order chi connectivity index (χ0) is 22.0. The molecule has 2 amide bonds. The normalized spacial score (nSPS) is 20.3. The van der Waals surface area contributed by atoms with Gasteiger partial charge in [-0.2, -0.15) is 0 Å². The van der Waals surface area contributed by atoms with Crippen LogP contribution in [0.5, 0.6) is 0 Å². The fourth-order valence-electron chi connectivity index (χ4n) is 4.13. The number of nitrogens with one attached hydrogen (secondary N) is 1. The van der Waals surface area contributed by atoms with E-state index in [0.717, 1.165) is 0 Å². The van der Waals surface area contributed by atoms with Gasteiger partial charge in [0.2, 0.25) is 21.8 Å². The zero-order valence-electron chi connectivity index (χ0n) is 16.9. The lowest BCUT2D eigenvalue weighted by atomic mass is 10.0. The molecule has 2 aliphatic heterocycles. The van der Waals surface area contributed by atoms with Crippen molar-refractivity contribution in [2.45, 2.75) is 30.2 Å². The molecule has 0 aliphatic carbocycles. The summed E-state index contributed by atoms with van der Waals surface area (Å²) in [5.41, 5.74) is 0.696. The van der Waals surface area contributed by atoms with Crippen LogP contribution in [0.4, 0.5) is 5.69 Å². The lowest BCUT2D eigenvalue weighted by molar-refractivity contribution is -0.136. The third-order valence-corrected chi connectivity index (χ3v) is 7.55. The van der Waals surface area contributed by atoms with E-state index in [4.69, 9.17) is 11.6 Å². The molecule has 0 spiro atoms. The lowest BCUT2D eigenvalue weighted by Gasteiger charge is -2.33. The number of piperidine rings is 1. The summed E-state index contributed by atoms with van der Waals surface area (Å²) in [7, 11) is -3.58. The monoisotopic (exact) mass is 461 g/mol. The van der Waals surface area contributed by atoms with Crippen molar-refractivity contribution < 1.29 is 18.0 Å². The Kier molecular flexibility index (Phi) is 6.31. The number of carbonyl (C=O) groups is 2. The number of likely N-dealkylation sites (tertiary alicyclic amines) is 1. The third kappa shape index (κ3) is 4.92. The summed E-state index contributed by atoms with van der Waals surface area (Å²) in [6, 6.07) is 15.1. The molecule has 0 bridgehead atoms. The molecule has 2 aromatic rings. The van der Waals surface area contributed by atoms with E-state index < -0.39 is 15.9 Å². The molecule has 0 radical (unpaired) electrons. The second-order valence-corrected chi connectivity index (χ2v) is 10.1. The fourth-order valence-corrected chi connectivity index (χ4v) is 5.64. The number of amides is 2. The van der Waals surface area contributed by atoms with Gasteiger partial charge in [-0.15, -0.1) is 0 Å². The number of carbonyl (C=O) groups excluding carboxylic acids is 2. The Morgan fingerprint density at radius 3 is 2.42 bits per heavy atom. The first kappa shape index (κ1) is 21.8. The highest BCUT2D eigenvalue weighted by molar-refractivity contribution is 7.89. The van der Waals surface area contributed by atoms with Gasteiger partial charge in [0.05, 0.1) is 10.8 Å². The van der Waals surface area contributed by atoms with Crippen LogP contribution in [0.1, 0.15) is 19.3 Å². The molecule has 9 heteroatoms. The Hall–Kier alpha value is -2.42. The molecule has 0 unspecified atom stereocenters. The van der Waals surface area contributed by atoms with E-state index in [1.807, 2.05) is 0 Å². The molecule has 2 saturated heterocycles. The molecule has 1 atom stereocenters. The first-order chi connectivity index (χ1) is 14.8. The van der Waals surface area contributed by atoms with Crippen molar-refractivity contribution in [2.75, 3.05) is 24.5 Å². The van der Waals surface area contributed by atoms with Gasteiger partial charge in [-0.1, -0.05) is 35.9 Å². The Balaban J connectivity index is 1.33. The molecule has 2 fully saturated rings. The Morgan fingerprint density at radius 2 is 1.74 bits per heavy atom. The van der Waals surface area contributed by atoms with Crippen molar-refractivity contribution in [3.8, 4) is 0 Å². The van der Waals surface area contributed by atoms with E-state index in [0.29, 0.717) is 43.2 Å². The number of benzene rings is 2. The highest BCUT2D eigenvalue weighted by Gasteiger charge is 2.38. The van der Waals surface area contributed by atoms with Crippen LogP contribution in [0, 0.1) is 5.92 Å². The molecular weight excluding hydrogens is 438 g/mol. The summed E-state index contributed by atoms with van der Waals surface area (Å²) in [5.74, 6) is -0.544. The summed E-state index contributed by atoms with van der Waals surface area (Å²) < 4.78 is 27.8. The number of nitrogens with zero attached hydrogens (tertiary/aromatic N) is 2. The largest absolute Gasteiger partial charge is 0.342 e. The lowest BCUT2D eigenvalue weighted by Crippen LogP contribution is -2.48. The first-order valence-corrected chi connectivity index (χ1v) is 12.1. The average Bonchev–Trinajstić information content (AvgIpc) is 3.16. The standard InChI is InChI=1S/C22H24ClN3O4S/c23-17-5-4-6-19(14-17)26-15-16(13-21(26)27)22(28)25-11-9-18(10-12-25)24-31(29,30)20-7-2-1-3-8-20/h1-8,14,16,18,24H,9-13,15H2/t16-/m1/s1. The summed E-state index contributed by atoms with van der Waals surface area (Å²) >= 11 is 6.03. The topological polar surface area (TPSA) is 86.8 Å². The van der Waals surface area contributed by atoms with Crippen molar-refractivity contribution in [3.05, 3.63) is 59.6 Å². The molecule has 0 saturated carbocycles. The van der Waals surface area contributed by atoms with Crippen LogP contribution < -0.4 is 9.62 Å². The maximum atomic E-state index is 13.0. The Morgan fingerprint density at radius 1 is 1.03 bits per heavy atom. The summed E-state index contributed by atoms with van der Waals surface area (Å²) in [6.07, 6.45) is 1.25. The smallest absolute Gasteiger partial charge is 0.240 e. The number of halogens is 1. The predicted molar refractivity (Wildman–Crippen MR) is 118 cm³/mol. The van der Waals surface area contributed by atoms with Crippen molar-refractivity contribution in [1.82, 2.24) is 9.62 Å². The fraction of sp³-hybridized carbons (Fsp3) is 0.364. The summed E-state index contributed by atoms with van der Waals surface area (Å²) in [6.45, 7) is 1.25. The van der Waals surface area contributed by atoms with E-state index in [2.05, 4.69) is 4.72 Å². The van der Waals surface area contributed by atoms with Gasteiger partial charge in [0, 0.05) is 42.8 Å². The van der Waals surface area contributed by atoms with Gasteiger partial charge in [0.1, 0.15) is 0 Å². The minimum Gasteiger partial charge on any atom is -0.342 e. The van der Waals surface area contributed by atoms with E-state index in [-0.39, 0.29) is 29.2 Å². The highest BCUT2D eigenvalue weighted by atomic mass is 35.5. The molecule has 2 aromatic carbocycles. The zero-order valence-corrected chi connectivity index (χ0v) is 18.5. The number of anilines is 1. The van der Waals surface area contributed by atoms with Crippen LogP contribution in [0.3, 0.4) is 0 Å². The number of rotatable bonds is 5. The van der Waals surface area contributed by atoms with E-state index in [1.54, 1.807) is 64.4 Å². The van der Waals surface area contributed by atoms with Crippen molar-refractivity contribution in [2.24, 2.45) is 5.92 Å². The van der Waals surface area contributed by atoms with Gasteiger partial charge in [-0.3, -0.25) is 9.59 Å². The summed E-state index contributed by atoms with van der Waals surface area (Å²) in [4.78, 5) is 29.0. The molecule has 1 N–H and O–H groups in total. The van der Waals surface area contributed by atoms with E-state index in [9.17, 15) is 18.0 Å². The van der Waals surface area contributed by atoms with Crippen LogP contribution in [0.25, 0.3) is 0 Å². The highest BCUT2D eigenvalue weighted by Crippen LogP contribution is 2.29. The van der Waals surface area contributed by atoms with Gasteiger partial charge >= 0.3 is 0 Å².